The molecule has 1 aromatic rings. The number of rotatable bonds is 7. The molecule has 0 aromatic carbocycles. The Labute approximate surface area is 124 Å². The number of aromatic nitrogens is 2. The van der Waals surface area contributed by atoms with Gasteiger partial charge in [0.25, 0.3) is 0 Å². The second kappa shape index (κ2) is 7.26. The van der Waals surface area contributed by atoms with Crippen LogP contribution in [-0.2, 0) is 6.42 Å². The van der Waals surface area contributed by atoms with Crippen molar-refractivity contribution in [3.05, 3.63) is 18.0 Å². The lowest BCUT2D eigenvalue weighted by atomic mass is 9.88. The summed E-state index contributed by atoms with van der Waals surface area (Å²) < 4.78 is 2.17. The normalized spacial score (nSPS) is 24.4. The van der Waals surface area contributed by atoms with E-state index in [9.17, 15) is 0 Å². The Morgan fingerprint density at radius 2 is 2.10 bits per heavy atom. The molecule has 1 aliphatic rings. The largest absolute Gasteiger partial charge is 0.316 e. The number of hydrogen-bond acceptors (Lipinski definition) is 2. The van der Waals surface area contributed by atoms with E-state index in [2.05, 4.69) is 50.1 Å². The van der Waals surface area contributed by atoms with Crippen molar-refractivity contribution in [2.75, 3.05) is 7.05 Å². The van der Waals surface area contributed by atoms with E-state index in [-0.39, 0.29) is 0 Å². The summed E-state index contributed by atoms with van der Waals surface area (Å²) in [4.78, 5) is 0. The van der Waals surface area contributed by atoms with Crippen molar-refractivity contribution in [2.45, 2.75) is 71.4 Å². The van der Waals surface area contributed by atoms with Crippen LogP contribution in [0.5, 0.6) is 0 Å². The first-order valence-corrected chi connectivity index (χ1v) is 8.40. The van der Waals surface area contributed by atoms with E-state index in [1.165, 1.54) is 25.0 Å². The highest BCUT2D eigenvalue weighted by molar-refractivity contribution is 5.04. The first kappa shape index (κ1) is 15.6. The van der Waals surface area contributed by atoms with E-state index in [1.807, 2.05) is 0 Å². The Morgan fingerprint density at radius 3 is 2.65 bits per heavy atom. The minimum atomic E-state index is 0.558. The molecule has 1 N–H and O–H groups in total. The molecular weight excluding hydrogens is 246 g/mol. The summed E-state index contributed by atoms with van der Waals surface area (Å²) in [5, 5.41) is 8.35. The fraction of sp³-hybridized carbons (Fsp3) is 0.824. The van der Waals surface area contributed by atoms with Crippen LogP contribution >= 0.6 is 0 Å². The molecule has 0 bridgehead atoms. The highest BCUT2D eigenvalue weighted by Gasteiger charge is 2.30. The molecule has 3 atom stereocenters. The van der Waals surface area contributed by atoms with Crippen LogP contribution in [-0.4, -0.2) is 22.9 Å². The van der Waals surface area contributed by atoms with Gasteiger partial charge in [-0.15, -0.1) is 0 Å². The third-order valence-corrected chi connectivity index (χ3v) is 5.22. The first-order valence-electron chi connectivity index (χ1n) is 8.40. The molecule has 0 amide bonds. The van der Waals surface area contributed by atoms with E-state index >= 15 is 0 Å². The molecule has 1 fully saturated rings. The molecular formula is C17H31N3. The van der Waals surface area contributed by atoms with Crippen LogP contribution in [0.1, 0.15) is 64.6 Å². The van der Waals surface area contributed by atoms with Crippen LogP contribution in [0.15, 0.2) is 12.3 Å². The average Bonchev–Trinajstić information content (AvgIpc) is 3.07. The molecule has 1 aromatic heterocycles. The van der Waals surface area contributed by atoms with Gasteiger partial charge in [0.05, 0.1) is 11.7 Å². The van der Waals surface area contributed by atoms with Crippen molar-refractivity contribution >= 4 is 0 Å². The molecule has 114 valence electrons. The molecule has 20 heavy (non-hydrogen) atoms. The zero-order valence-electron chi connectivity index (χ0n) is 13.6. The second-order valence-electron chi connectivity index (χ2n) is 6.43. The number of nitrogens with zero attached hydrogens (tertiary/aromatic N) is 2. The number of nitrogens with one attached hydrogen (secondary N) is 1. The molecule has 3 unspecified atom stereocenters. The second-order valence-corrected chi connectivity index (χ2v) is 6.43. The zero-order chi connectivity index (χ0) is 14.5. The van der Waals surface area contributed by atoms with Crippen molar-refractivity contribution in [1.29, 1.82) is 0 Å². The predicted molar refractivity (Wildman–Crippen MR) is 84.9 cm³/mol. The zero-order valence-corrected chi connectivity index (χ0v) is 13.6. The lowest BCUT2D eigenvalue weighted by Gasteiger charge is -2.26. The highest BCUT2D eigenvalue weighted by atomic mass is 15.3. The fourth-order valence-electron chi connectivity index (χ4n) is 3.82. The fourth-order valence-corrected chi connectivity index (χ4v) is 3.82. The molecule has 1 aliphatic carbocycles. The van der Waals surface area contributed by atoms with Crippen molar-refractivity contribution in [3.63, 3.8) is 0 Å². The summed E-state index contributed by atoms with van der Waals surface area (Å²) in [6.07, 6.45) is 9.72. The molecule has 0 radical (unpaired) electrons. The molecule has 1 saturated carbocycles. The van der Waals surface area contributed by atoms with Crippen molar-refractivity contribution in [3.8, 4) is 0 Å². The Balaban J connectivity index is 2.01. The quantitative estimate of drug-likeness (QED) is 0.821. The van der Waals surface area contributed by atoms with Crippen LogP contribution in [0.2, 0.25) is 0 Å². The summed E-state index contributed by atoms with van der Waals surface area (Å²) in [5.74, 6) is 1.67. The van der Waals surface area contributed by atoms with Crippen molar-refractivity contribution in [1.82, 2.24) is 15.1 Å². The van der Waals surface area contributed by atoms with Gasteiger partial charge in [0.15, 0.2) is 0 Å². The molecule has 3 heteroatoms. The van der Waals surface area contributed by atoms with Crippen LogP contribution in [0.4, 0.5) is 0 Å². The predicted octanol–water partition coefficient (Wildman–Crippen LogP) is 3.81. The lowest BCUT2D eigenvalue weighted by Crippen LogP contribution is -2.37. The van der Waals surface area contributed by atoms with Gasteiger partial charge in [-0.2, -0.15) is 5.10 Å². The van der Waals surface area contributed by atoms with Gasteiger partial charge in [-0.25, -0.2) is 0 Å². The van der Waals surface area contributed by atoms with Crippen LogP contribution in [0.3, 0.4) is 0 Å². The summed E-state index contributed by atoms with van der Waals surface area (Å²) in [6, 6.07) is 3.35. The molecule has 0 aliphatic heterocycles. The molecule has 0 spiro atoms. The highest BCUT2D eigenvalue weighted by Crippen LogP contribution is 2.34. The van der Waals surface area contributed by atoms with E-state index in [0.717, 1.165) is 31.1 Å². The Hall–Kier alpha value is -0.830. The average molecular weight is 277 g/mol. The molecule has 3 nitrogen and oxygen atoms in total. The van der Waals surface area contributed by atoms with Gasteiger partial charge in [-0.3, -0.25) is 4.68 Å². The summed E-state index contributed by atoms with van der Waals surface area (Å²) in [7, 11) is 2.10. The SMILES string of the molecule is CCC(CC)n1ccc(CC(NC)C2CCCC2C)n1. The van der Waals surface area contributed by atoms with Crippen molar-refractivity contribution < 1.29 is 0 Å². The minimum Gasteiger partial charge on any atom is -0.316 e. The van der Waals surface area contributed by atoms with Gasteiger partial charge in [0.1, 0.15) is 0 Å². The maximum atomic E-state index is 4.81. The third-order valence-electron chi connectivity index (χ3n) is 5.22. The van der Waals surface area contributed by atoms with E-state index < -0.39 is 0 Å². The van der Waals surface area contributed by atoms with Crippen molar-refractivity contribution in [2.24, 2.45) is 11.8 Å². The van der Waals surface area contributed by atoms with Gasteiger partial charge in [-0.05, 0) is 44.2 Å². The molecule has 1 heterocycles. The number of hydrogen-bond donors (Lipinski definition) is 1. The smallest absolute Gasteiger partial charge is 0.0640 e. The topological polar surface area (TPSA) is 29.9 Å². The Bertz CT molecular complexity index is 395. The maximum absolute atomic E-state index is 4.81. The lowest BCUT2D eigenvalue weighted by molar-refractivity contribution is 0.305. The summed E-state index contributed by atoms with van der Waals surface area (Å²) in [5.41, 5.74) is 1.25. The van der Waals surface area contributed by atoms with Gasteiger partial charge in [0, 0.05) is 18.7 Å². The summed E-state index contributed by atoms with van der Waals surface area (Å²) in [6.45, 7) is 6.89. The minimum absolute atomic E-state index is 0.558. The van der Waals surface area contributed by atoms with E-state index in [4.69, 9.17) is 5.10 Å². The molecule has 0 saturated heterocycles. The molecule has 2 rings (SSSR count). The van der Waals surface area contributed by atoms with Gasteiger partial charge in [-0.1, -0.05) is 33.6 Å². The Morgan fingerprint density at radius 1 is 1.35 bits per heavy atom. The van der Waals surface area contributed by atoms with Crippen LogP contribution in [0.25, 0.3) is 0 Å². The monoisotopic (exact) mass is 277 g/mol. The third kappa shape index (κ3) is 3.43. The standard InChI is InChI=1S/C17H31N3/c1-5-15(6-2)20-11-10-14(19-20)12-17(18-4)16-9-7-8-13(16)3/h10-11,13,15-18H,5-9,12H2,1-4H3. The summed E-state index contributed by atoms with van der Waals surface area (Å²) >= 11 is 0. The van der Waals surface area contributed by atoms with Gasteiger partial charge >= 0.3 is 0 Å². The maximum Gasteiger partial charge on any atom is 0.0640 e. The van der Waals surface area contributed by atoms with E-state index in [0.29, 0.717) is 12.1 Å². The van der Waals surface area contributed by atoms with E-state index in [1.54, 1.807) is 0 Å². The van der Waals surface area contributed by atoms with Gasteiger partial charge in [0.2, 0.25) is 0 Å². The van der Waals surface area contributed by atoms with Gasteiger partial charge < -0.3 is 5.32 Å². The Kier molecular flexibility index (Phi) is 5.64. The van der Waals surface area contributed by atoms with Crippen LogP contribution < -0.4 is 5.32 Å². The van der Waals surface area contributed by atoms with Crippen LogP contribution in [0, 0.1) is 11.8 Å². The first-order chi connectivity index (χ1) is 9.69. The number of likely N-dealkylation sites (N-methyl/N-ethyl adjacent to an activating group) is 1.